The van der Waals surface area contributed by atoms with Crippen LogP contribution in [0.1, 0.15) is 24.0 Å². The molecule has 1 aromatic rings. The predicted molar refractivity (Wildman–Crippen MR) is 50.2 cm³/mol. The fourth-order valence-electron chi connectivity index (χ4n) is 1.85. The second-order valence-corrected chi connectivity index (χ2v) is 3.29. The first-order valence-electron chi connectivity index (χ1n) is 4.54. The number of hydrogen-bond donors (Lipinski definition) is 1. The fourth-order valence-corrected chi connectivity index (χ4v) is 1.85. The van der Waals surface area contributed by atoms with Gasteiger partial charge in [-0.2, -0.15) is 0 Å². The number of methoxy groups -OCH3 is 1. The number of fused-ring (bicyclic) bond motifs is 1. The van der Waals surface area contributed by atoms with E-state index in [0.717, 1.165) is 36.1 Å². The van der Waals surface area contributed by atoms with Crippen LogP contribution in [0.15, 0.2) is 18.2 Å². The van der Waals surface area contributed by atoms with Crippen molar-refractivity contribution in [3.05, 3.63) is 35.4 Å². The maximum absolute atomic E-state index is 9.64. The molecule has 2 nitrogen and oxygen atoms in total. The zero-order valence-corrected chi connectivity index (χ0v) is 7.71. The van der Waals surface area contributed by atoms with Crippen LogP contribution >= 0.6 is 0 Å². The van der Waals surface area contributed by atoms with Crippen molar-refractivity contribution in [1.82, 2.24) is 0 Å². The highest BCUT2D eigenvalue weighted by atomic mass is 16.5. The molecule has 0 amide bonds. The Kier molecular flexibility index (Phi) is 2.23. The van der Waals surface area contributed by atoms with Crippen LogP contribution < -0.4 is 4.74 Å². The Morgan fingerprint density at radius 2 is 2.15 bits per heavy atom. The van der Waals surface area contributed by atoms with Crippen LogP contribution in [-0.4, -0.2) is 12.2 Å². The van der Waals surface area contributed by atoms with Gasteiger partial charge in [0.2, 0.25) is 0 Å². The lowest BCUT2D eigenvalue weighted by atomic mass is 9.89. The third-order valence-electron chi connectivity index (χ3n) is 2.50. The number of aliphatic hydroxyl groups is 1. The lowest BCUT2D eigenvalue weighted by Gasteiger charge is -2.21. The minimum atomic E-state index is 0.500. The molecule has 1 aromatic carbocycles. The Balaban J connectivity index is 2.48. The van der Waals surface area contributed by atoms with E-state index in [9.17, 15) is 5.11 Å². The van der Waals surface area contributed by atoms with Gasteiger partial charge in [0.1, 0.15) is 11.9 Å². The van der Waals surface area contributed by atoms with Gasteiger partial charge < -0.3 is 9.84 Å². The first-order valence-corrected chi connectivity index (χ1v) is 4.54. The molecule has 0 heterocycles. The van der Waals surface area contributed by atoms with Crippen molar-refractivity contribution in [3.8, 4) is 5.75 Å². The molecular weight excluding hydrogens is 164 g/mol. The molecule has 0 atom stereocenters. The molecule has 0 bridgehead atoms. The third kappa shape index (κ3) is 1.42. The molecule has 1 radical (unpaired) electrons. The molecule has 1 aliphatic carbocycles. The van der Waals surface area contributed by atoms with Crippen molar-refractivity contribution in [3.63, 3.8) is 0 Å². The summed E-state index contributed by atoms with van der Waals surface area (Å²) in [7, 11) is 1.67. The molecule has 13 heavy (non-hydrogen) atoms. The smallest absolute Gasteiger partial charge is 0.123 e. The highest BCUT2D eigenvalue weighted by Gasteiger charge is 2.21. The lowest BCUT2D eigenvalue weighted by Crippen LogP contribution is -2.10. The molecule has 0 saturated carbocycles. The quantitative estimate of drug-likeness (QED) is 0.713. The number of rotatable bonds is 1. The number of hydrogen-bond acceptors (Lipinski definition) is 2. The van der Waals surface area contributed by atoms with Crippen molar-refractivity contribution >= 4 is 0 Å². The Morgan fingerprint density at radius 3 is 2.92 bits per heavy atom. The van der Waals surface area contributed by atoms with Gasteiger partial charge in [-0.15, -0.1) is 0 Å². The second kappa shape index (κ2) is 3.38. The van der Waals surface area contributed by atoms with E-state index in [1.807, 2.05) is 18.2 Å². The molecule has 1 aliphatic rings. The summed E-state index contributed by atoms with van der Waals surface area (Å²) in [6.45, 7) is 0. The van der Waals surface area contributed by atoms with E-state index in [1.165, 1.54) is 0 Å². The molecule has 0 saturated heterocycles. The molecule has 2 heteroatoms. The second-order valence-electron chi connectivity index (χ2n) is 3.29. The molecule has 0 aromatic heterocycles. The Hall–Kier alpha value is -1.02. The summed E-state index contributed by atoms with van der Waals surface area (Å²) in [5.41, 5.74) is 2.11. The Bertz CT molecular complexity index is 307. The summed E-state index contributed by atoms with van der Waals surface area (Å²) >= 11 is 0. The van der Waals surface area contributed by atoms with Gasteiger partial charge in [0, 0.05) is 5.56 Å². The summed E-state index contributed by atoms with van der Waals surface area (Å²) in [6.07, 6.45) is 3.31. The van der Waals surface area contributed by atoms with Gasteiger partial charge in [0.05, 0.1) is 7.11 Å². The van der Waals surface area contributed by atoms with E-state index in [4.69, 9.17) is 4.74 Å². The first-order chi connectivity index (χ1) is 6.33. The van der Waals surface area contributed by atoms with Crippen LogP contribution in [-0.2, 0) is 6.42 Å². The van der Waals surface area contributed by atoms with Crippen LogP contribution in [0, 0.1) is 6.10 Å². The van der Waals surface area contributed by atoms with Crippen molar-refractivity contribution in [1.29, 1.82) is 0 Å². The van der Waals surface area contributed by atoms with Gasteiger partial charge in [0.25, 0.3) is 0 Å². The lowest BCUT2D eigenvalue weighted by molar-refractivity contribution is 0.297. The van der Waals surface area contributed by atoms with Crippen LogP contribution in [0.25, 0.3) is 0 Å². The highest BCUT2D eigenvalue weighted by Crippen LogP contribution is 2.34. The first kappa shape index (κ1) is 8.57. The fraction of sp³-hybridized carbons (Fsp3) is 0.364. The molecule has 69 valence electrons. The van der Waals surface area contributed by atoms with Crippen LogP contribution in [0.2, 0.25) is 0 Å². The van der Waals surface area contributed by atoms with Crippen LogP contribution in [0.4, 0.5) is 0 Å². The molecule has 0 aliphatic heterocycles. The average Bonchev–Trinajstić information content (AvgIpc) is 2.18. The SMILES string of the molecule is COc1cccc2c1CCC[C]2O. The zero-order chi connectivity index (χ0) is 9.26. The molecular formula is C11H13O2. The van der Waals surface area contributed by atoms with E-state index in [0.29, 0.717) is 6.10 Å². The number of benzene rings is 1. The van der Waals surface area contributed by atoms with E-state index >= 15 is 0 Å². The van der Waals surface area contributed by atoms with Gasteiger partial charge >= 0.3 is 0 Å². The Morgan fingerprint density at radius 1 is 1.31 bits per heavy atom. The average molecular weight is 177 g/mol. The zero-order valence-electron chi connectivity index (χ0n) is 7.71. The van der Waals surface area contributed by atoms with Crippen LogP contribution in [0.3, 0.4) is 0 Å². The third-order valence-corrected chi connectivity index (χ3v) is 2.50. The van der Waals surface area contributed by atoms with E-state index < -0.39 is 0 Å². The minimum absolute atomic E-state index is 0.500. The van der Waals surface area contributed by atoms with Crippen molar-refractivity contribution < 1.29 is 9.84 Å². The highest BCUT2D eigenvalue weighted by molar-refractivity contribution is 5.46. The van der Waals surface area contributed by atoms with E-state index in [2.05, 4.69) is 0 Å². The molecule has 0 fully saturated rings. The maximum Gasteiger partial charge on any atom is 0.123 e. The summed E-state index contributed by atoms with van der Waals surface area (Å²) in [6, 6.07) is 5.81. The van der Waals surface area contributed by atoms with E-state index in [1.54, 1.807) is 7.11 Å². The standard InChI is InChI=1S/C11H13O2/c1-13-11-7-3-4-8-9(11)5-2-6-10(8)12/h3-4,7,12H,2,5-6H2,1H3. The molecule has 0 unspecified atom stereocenters. The van der Waals surface area contributed by atoms with Gasteiger partial charge in [-0.1, -0.05) is 12.1 Å². The topological polar surface area (TPSA) is 29.5 Å². The molecule has 2 rings (SSSR count). The minimum Gasteiger partial charge on any atom is -0.496 e. The van der Waals surface area contributed by atoms with Gasteiger partial charge in [-0.25, -0.2) is 0 Å². The summed E-state index contributed by atoms with van der Waals surface area (Å²) in [5.74, 6) is 0.892. The van der Waals surface area contributed by atoms with Crippen molar-refractivity contribution in [2.75, 3.05) is 7.11 Å². The van der Waals surface area contributed by atoms with Crippen LogP contribution in [0.5, 0.6) is 5.75 Å². The largest absolute Gasteiger partial charge is 0.496 e. The van der Waals surface area contributed by atoms with Gasteiger partial charge in [0.15, 0.2) is 0 Å². The predicted octanol–water partition coefficient (Wildman–Crippen LogP) is 2.28. The monoisotopic (exact) mass is 177 g/mol. The summed E-state index contributed by atoms with van der Waals surface area (Å²) in [4.78, 5) is 0. The molecule has 0 spiro atoms. The maximum atomic E-state index is 9.64. The van der Waals surface area contributed by atoms with Gasteiger partial charge in [-0.05, 0) is 30.9 Å². The van der Waals surface area contributed by atoms with E-state index in [-0.39, 0.29) is 0 Å². The summed E-state index contributed by atoms with van der Waals surface area (Å²) in [5, 5.41) is 9.64. The van der Waals surface area contributed by atoms with Crippen molar-refractivity contribution in [2.45, 2.75) is 19.3 Å². The summed E-state index contributed by atoms with van der Waals surface area (Å²) < 4.78 is 5.24. The van der Waals surface area contributed by atoms with Crippen molar-refractivity contribution in [2.24, 2.45) is 0 Å². The Labute approximate surface area is 78.2 Å². The normalized spacial score (nSPS) is 16.8. The number of ether oxygens (including phenoxy) is 1. The molecule has 1 N–H and O–H groups in total. The van der Waals surface area contributed by atoms with Gasteiger partial charge in [-0.3, -0.25) is 0 Å². The number of aliphatic hydroxyl groups excluding tert-OH is 1.